The molecule has 0 amide bonds. The molecule has 0 saturated heterocycles. The number of nitrogens with one attached hydrogen (secondary N) is 1. The summed E-state index contributed by atoms with van der Waals surface area (Å²) in [5.41, 5.74) is 0.785. The number of methoxy groups -OCH3 is 1. The van der Waals surface area contributed by atoms with Crippen LogP contribution in [0.3, 0.4) is 0 Å². The molecule has 0 aromatic heterocycles. The van der Waals surface area contributed by atoms with E-state index >= 15 is 0 Å². The van der Waals surface area contributed by atoms with Gasteiger partial charge in [0.2, 0.25) is 0 Å². The molecule has 1 fully saturated rings. The van der Waals surface area contributed by atoms with E-state index in [-0.39, 0.29) is 12.1 Å². The van der Waals surface area contributed by atoms with Gasteiger partial charge in [-0.05, 0) is 37.3 Å². The van der Waals surface area contributed by atoms with Crippen molar-refractivity contribution in [3.05, 3.63) is 24.3 Å². The highest BCUT2D eigenvalue weighted by Gasteiger charge is 2.32. The van der Waals surface area contributed by atoms with Crippen LogP contribution in [0.2, 0.25) is 0 Å². The number of anilines is 1. The highest BCUT2D eigenvalue weighted by molar-refractivity contribution is 5.57. The molecule has 0 bridgehead atoms. The smallest absolute Gasteiger partial charge is 0.141 e. The molecule has 1 aromatic rings. The molecule has 1 aliphatic rings. The summed E-state index contributed by atoms with van der Waals surface area (Å²) in [6.45, 7) is 2.48. The summed E-state index contributed by atoms with van der Waals surface area (Å²) in [4.78, 5) is 0. The SMILES string of the molecule is COc1ccccc1NC1(CO)CCCC(C)CC1. The standard InChI is InChI=1S/C16H25NO2/c1-13-6-5-10-16(12-18,11-9-13)17-14-7-3-4-8-15(14)19-2/h3-4,7-8,13,17-18H,5-6,9-12H2,1-2H3. The second-order valence-electron chi connectivity index (χ2n) is 5.80. The Morgan fingerprint density at radius 3 is 2.84 bits per heavy atom. The van der Waals surface area contributed by atoms with E-state index in [0.717, 1.165) is 30.2 Å². The Kier molecular flexibility index (Phi) is 4.70. The predicted octanol–water partition coefficient (Wildman–Crippen LogP) is 3.44. The number of ether oxygens (including phenoxy) is 1. The largest absolute Gasteiger partial charge is 0.495 e. The van der Waals surface area contributed by atoms with E-state index < -0.39 is 0 Å². The van der Waals surface area contributed by atoms with Crippen LogP contribution in [0.15, 0.2) is 24.3 Å². The van der Waals surface area contributed by atoms with Crippen molar-refractivity contribution in [2.75, 3.05) is 19.0 Å². The van der Waals surface area contributed by atoms with Gasteiger partial charge in [0.1, 0.15) is 5.75 Å². The van der Waals surface area contributed by atoms with Crippen LogP contribution < -0.4 is 10.1 Å². The molecule has 0 spiro atoms. The third kappa shape index (κ3) is 3.41. The minimum absolute atomic E-state index is 0.178. The van der Waals surface area contributed by atoms with Gasteiger partial charge in [0, 0.05) is 0 Å². The Morgan fingerprint density at radius 1 is 1.32 bits per heavy atom. The maximum absolute atomic E-state index is 9.87. The lowest BCUT2D eigenvalue weighted by Crippen LogP contribution is -2.41. The Labute approximate surface area is 116 Å². The van der Waals surface area contributed by atoms with Crippen molar-refractivity contribution in [1.29, 1.82) is 0 Å². The molecular weight excluding hydrogens is 238 g/mol. The topological polar surface area (TPSA) is 41.5 Å². The summed E-state index contributed by atoms with van der Waals surface area (Å²) in [5.74, 6) is 1.60. The second kappa shape index (κ2) is 6.29. The lowest BCUT2D eigenvalue weighted by Gasteiger charge is -2.33. The van der Waals surface area contributed by atoms with Crippen molar-refractivity contribution < 1.29 is 9.84 Å². The van der Waals surface area contributed by atoms with Crippen LogP contribution >= 0.6 is 0 Å². The molecule has 1 aliphatic carbocycles. The van der Waals surface area contributed by atoms with Crippen LogP contribution in [0.1, 0.15) is 39.0 Å². The fourth-order valence-electron chi connectivity index (χ4n) is 2.94. The zero-order valence-electron chi connectivity index (χ0n) is 12.0. The number of aliphatic hydroxyl groups excluding tert-OH is 1. The zero-order valence-corrected chi connectivity index (χ0v) is 12.0. The number of aliphatic hydroxyl groups is 1. The Hall–Kier alpha value is -1.22. The van der Waals surface area contributed by atoms with Crippen LogP contribution in [0.25, 0.3) is 0 Å². The first-order chi connectivity index (χ1) is 9.19. The van der Waals surface area contributed by atoms with Gasteiger partial charge in [-0.15, -0.1) is 0 Å². The third-order valence-electron chi connectivity index (χ3n) is 4.28. The van der Waals surface area contributed by atoms with Crippen molar-refractivity contribution >= 4 is 5.69 Å². The van der Waals surface area contributed by atoms with Crippen molar-refractivity contribution in [2.24, 2.45) is 5.92 Å². The molecule has 0 heterocycles. The van der Waals surface area contributed by atoms with Gasteiger partial charge in [0.05, 0.1) is 24.9 Å². The van der Waals surface area contributed by atoms with Crippen LogP contribution in [0, 0.1) is 5.92 Å². The molecule has 3 heteroatoms. The van der Waals surface area contributed by atoms with Crippen molar-refractivity contribution in [3.63, 3.8) is 0 Å². The predicted molar refractivity (Wildman–Crippen MR) is 78.7 cm³/mol. The minimum Gasteiger partial charge on any atom is -0.495 e. The van der Waals surface area contributed by atoms with Gasteiger partial charge in [0.25, 0.3) is 0 Å². The van der Waals surface area contributed by atoms with E-state index in [9.17, 15) is 5.11 Å². The second-order valence-corrected chi connectivity index (χ2v) is 5.80. The Bertz CT molecular complexity index is 407. The normalized spacial score (nSPS) is 27.6. The van der Waals surface area contributed by atoms with Gasteiger partial charge in [-0.1, -0.05) is 31.9 Å². The van der Waals surface area contributed by atoms with Gasteiger partial charge in [-0.3, -0.25) is 0 Å². The molecule has 1 aromatic carbocycles. The van der Waals surface area contributed by atoms with Gasteiger partial charge < -0.3 is 15.2 Å². The maximum atomic E-state index is 9.87. The summed E-state index contributed by atoms with van der Waals surface area (Å²) >= 11 is 0. The first-order valence-electron chi connectivity index (χ1n) is 7.21. The Balaban J connectivity index is 2.17. The number of hydrogen-bond acceptors (Lipinski definition) is 3. The average molecular weight is 263 g/mol. The quantitative estimate of drug-likeness (QED) is 0.818. The molecule has 0 radical (unpaired) electrons. The van der Waals surface area contributed by atoms with E-state index in [1.807, 2.05) is 24.3 Å². The summed E-state index contributed by atoms with van der Waals surface area (Å²) in [7, 11) is 1.68. The van der Waals surface area contributed by atoms with Crippen LogP contribution in [0.4, 0.5) is 5.69 Å². The Morgan fingerprint density at radius 2 is 2.11 bits per heavy atom. The van der Waals surface area contributed by atoms with Crippen molar-refractivity contribution in [1.82, 2.24) is 0 Å². The molecule has 1 saturated carbocycles. The lowest BCUT2D eigenvalue weighted by molar-refractivity contribution is 0.194. The van der Waals surface area contributed by atoms with E-state index in [1.54, 1.807) is 7.11 Å². The molecule has 0 aliphatic heterocycles. The van der Waals surface area contributed by atoms with E-state index in [0.29, 0.717) is 0 Å². The number of hydrogen-bond donors (Lipinski definition) is 2. The maximum Gasteiger partial charge on any atom is 0.141 e. The van der Waals surface area contributed by atoms with Crippen LogP contribution in [-0.4, -0.2) is 24.4 Å². The monoisotopic (exact) mass is 263 g/mol. The lowest BCUT2D eigenvalue weighted by atomic mass is 9.90. The summed E-state index contributed by atoms with van der Waals surface area (Å²) < 4.78 is 5.38. The molecule has 2 rings (SSSR count). The van der Waals surface area contributed by atoms with Gasteiger partial charge in [0.15, 0.2) is 0 Å². The summed E-state index contributed by atoms with van der Waals surface area (Å²) in [6.07, 6.45) is 5.64. The third-order valence-corrected chi connectivity index (χ3v) is 4.28. The first-order valence-corrected chi connectivity index (χ1v) is 7.21. The molecule has 2 N–H and O–H groups in total. The fraction of sp³-hybridized carbons (Fsp3) is 0.625. The minimum atomic E-state index is -0.195. The first kappa shape index (κ1) is 14.2. The highest BCUT2D eigenvalue weighted by atomic mass is 16.5. The fourth-order valence-corrected chi connectivity index (χ4v) is 2.94. The van der Waals surface area contributed by atoms with Crippen LogP contribution in [-0.2, 0) is 0 Å². The van der Waals surface area contributed by atoms with Gasteiger partial charge in [-0.2, -0.15) is 0 Å². The molecule has 3 nitrogen and oxygen atoms in total. The molecule has 2 atom stereocenters. The van der Waals surface area contributed by atoms with E-state index in [1.165, 1.54) is 19.3 Å². The molecule has 106 valence electrons. The number of rotatable bonds is 4. The number of benzene rings is 1. The summed E-state index contributed by atoms with van der Waals surface area (Å²) in [5, 5.41) is 13.4. The zero-order chi connectivity index (χ0) is 13.7. The molecule has 19 heavy (non-hydrogen) atoms. The molecular formula is C16H25NO2. The van der Waals surface area contributed by atoms with E-state index in [4.69, 9.17) is 4.74 Å². The van der Waals surface area contributed by atoms with Gasteiger partial charge >= 0.3 is 0 Å². The highest BCUT2D eigenvalue weighted by Crippen LogP contribution is 2.35. The van der Waals surface area contributed by atoms with Crippen LogP contribution in [0.5, 0.6) is 5.75 Å². The average Bonchev–Trinajstić information content (AvgIpc) is 2.62. The van der Waals surface area contributed by atoms with Crippen molar-refractivity contribution in [3.8, 4) is 5.75 Å². The van der Waals surface area contributed by atoms with E-state index in [2.05, 4.69) is 12.2 Å². The van der Waals surface area contributed by atoms with Crippen molar-refractivity contribution in [2.45, 2.75) is 44.6 Å². The number of para-hydroxylation sites is 2. The summed E-state index contributed by atoms with van der Waals surface area (Å²) in [6, 6.07) is 7.93. The molecule has 2 unspecified atom stereocenters. The van der Waals surface area contributed by atoms with Gasteiger partial charge in [-0.25, -0.2) is 0 Å².